The predicted molar refractivity (Wildman–Crippen MR) is 181 cm³/mol. The highest BCUT2D eigenvalue weighted by Crippen LogP contribution is 2.11. The molecule has 0 fully saturated rings. The summed E-state index contributed by atoms with van der Waals surface area (Å²) in [6, 6.07) is 2.92. The molecule has 1 aromatic carbocycles. The van der Waals surface area contributed by atoms with Gasteiger partial charge in [-0.05, 0) is 63.5 Å². The van der Waals surface area contributed by atoms with Crippen LogP contribution in [0.3, 0.4) is 0 Å². The molecule has 0 unspecified atom stereocenters. The maximum Gasteiger partial charge on any atom is 0.303 e. The smallest absolute Gasteiger partial charge is 0.303 e. The van der Waals surface area contributed by atoms with Crippen LogP contribution in [0.25, 0.3) is 0 Å². The minimum Gasteiger partial charge on any atom is -0.481 e. The number of aliphatic imine (C=N–C) groups is 1. The molecule has 0 aliphatic carbocycles. The Kier molecular flexibility index (Phi) is 18.9. The van der Waals surface area contributed by atoms with Crippen LogP contribution in [0.2, 0.25) is 0 Å². The number of carbonyl (C=O) groups is 6. The second-order valence-corrected chi connectivity index (χ2v) is 12.2. The van der Waals surface area contributed by atoms with Gasteiger partial charge >= 0.3 is 5.97 Å². The summed E-state index contributed by atoms with van der Waals surface area (Å²) in [6.07, 6.45) is 1.22. The van der Waals surface area contributed by atoms with E-state index in [2.05, 4.69) is 26.3 Å². The lowest BCUT2D eigenvalue weighted by Crippen LogP contribution is -2.58. The summed E-state index contributed by atoms with van der Waals surface area (Å²) in [7, 11) is 0. The summed E-state index contributed by atoms with van der Waals surface area (Å²) < 4.78 is 0. The number of hydrogen-bond donors (Lipinski definition) is 9. The molecule has 1 aromatic rings. The molecule has 16 nitrogen and oxygen atoms in total. The molecule has 0 aliphatic rings. The maximum absolute atomic E-state index is 13.9. The number of unbranched alkanes of at least 4 members (excludes halogenated alkanes) is 1. The third-order valence-electron chi connectivity index (χ3n) is 7.30. The molecule has 0 aromatic heterocycles. The molecule has 0 heterocycles. The highest BCUT2D eigenvalue weighted by molar-refractivity contribution is 5.95. The lowest BCUT2D eigenvalue weighted by Gasteiger charge is -2.27. The fourth-order valence-electron chi connectivity index (χ4n) is 4.72. The normalized spacial score (nSPS) is 13.4. The Morgan fingerprint density at radius 1 is 0.750 bits per heavy atom. The van der Waals surface area contributed by atoms with Crippen LogP contribution in [0, 0.1) is 12.8 Å². The van der Waals surface area contributed by atoms with Gasteiger partial charge in [-0.3, -0.25) is 33.8 Å². The summed E-state index contributed by atoms with van der Waals surface area (Å²) in [5.41, 5.74) is 23.7. The molecule has 0 saturated heterocycles. The Morgan fingerprint density at radius 2 is 1.29 bits per heavy atom. The number of nitrogens with zero attached hydrogens (tertiary/aromatic N) is 1. The number of aryl methyl sites for hydroxylation is 1. The number of aliphatic carboxylic acids is 1. The topological polar surface area (TPSA) is 287 Å². The van der Waals surface area contributed by atoms with Crippen molar-refractivity contribution in [3.63, 3.8) is 0 Å². The van der Waals surface area contributed by atoms with Gasteiger partial charge in [-0.1, -0.05) is 43.7 Å². The van der Waals surface area contributed by atoms with Gasteiger partial charge in [0.2, 0.25) is 29.5 Å². The van der Waals surface area contributed by atoms with Crippen molar-refractivity contribution < 1.29 is 33.9 Å². The van der Waals surface area contributed by atoms with E-state index in [0.29, 0.717) is 31.4 Å². The van der Waals surface area contributed by atoms with Crippen molar-refractivity contribution in [1.29, 1.82) is 0 Å². The SMILES string of the molecule is Cc1ccc(C[C@@H](NC(=O)[C@H](CCCCN)NC(=O)CCC(=O)O)C(=O)N[C@@H](CCCN=C(N)N)C(=O)N[C@H](CC(C)C)C(N)=O)cc1. The van der Waals surface area contributed by atoms with E-state index < -0.39 is 66.1 Å². The number of primary amides is 1. The summed E-state index contributed by atoms with van der Waals surface area (Å²) in [5, 5.41) is 19.6. The van der Waals surface area contributed by atoms with Gasteiger partial charge in [0.05, 0.1) is 6.42 Å². The molecular weight excluding hydrogens is 622 g/mol. The lowest BCUT2D eigenvalue weighted by molar-refractivity contribution is -0.139. The summed E-state index contributed by atoms with van der Waals surface area (Å²) in [4.78, 5) is 80.3. The van der Waals surface area contributed by atoms with Crippen molar-refractivity contribution >= 4 is 41.5 Å². The monoisotopic (exact) mass is 675 g/mol. The zero-order valence-corrected chi connectivity index (χ0v) is 28.1. The first-order chi connectivity index (χ1) is 22.6. The fourth-order valence-corrected chi connectivity index (χ4v) is 4.72. The number of amides is 5. The Balaban J connectivity index is 3.34. The zero-order chi connectivity index (χ0) is 36.2. The predicted octanol–water partition coefficient (Wildman–Crippen LogP) is -0.944. The van der Waals surface area contributed by atoms with Crippen LogP contribution in [0.1, 0.15) is 76.3 Å². The highest BCUT2D eigenvalue weighted by atomic mass is 16.4. The second kappa shape index (κ2) is 22.0. The fraction of sp³-hybridized carbons (Fsp3) is 0.594. The average molecular weight is 676 g/mol. The Morgan fingerprint density at radius 3 is 1.83 bits per heavy atom. The molecule has 0 bridgehead atoms. The third kappa shape index (κ3) is 17.3. The molecular formula is C32H53N9O7. The maximum atomic E-state index is 13.9. The van der Waals surface area contributed by atoms with Gasteiger partial charge in [0.15, 0.2) is 5.96 Å². The van der Waals surface area contributed by atoms with Crippen molar-refractivity contribution in [2.24, 2.45) is 33.8 Å². The first kappa shape index (κ1) is 41.3. The van der Waals surface area contributed by atoms with Crippen molar-refractivity contribution in [3.05, 3.63) is 35.4 Å². The van der Waals surface area contributed by atoms with Gasteiger partial charge in [0.1, 0.15) is 24.2 Å². The zero-order valence-electron chi connectivity index (χ0n) is 28.1. The average Bonchev–Trinajstić information content (AvgIpc) is 3.00. The second-order valence-electron chi connectivity index (χ2n) is 12.2. The van der Waals surface area contributed by atoms with E-state index in [-0.39, 0.29) is 50.5 Å². The summed E-state index contributed by atoms with van der Waals surface area (Å²) in [5.74, 6) is -4.62. The molecule has 0 saturated carbocycles. The molecule has 268 valence electrons. The number of guanidine groups is 1. The van der Waals surface area contributed by atoms with E-state index in [1.807, 2.05) is 32.9 Å². The number of nitrogens with two attached hydrogens (primary N) is 4. The first-order valence-corrected chi connectivity index (χ1v) is 16.1. The largest absolute Gasteiger partial charge is 0.481 e. The number of carbonyl (C=O) groups excluding carboxylic acids is 5. The number of rotatable bonds is 23. The van der Waals surface area contributed by atoms with Crippen LogP contribution in [-0.4, -0.2) is 83.8 Å². The van der Waals surface area contributed by atoms with Crippen LogP contribution in [-0.2, 0) is 35.2 Å². The minimum atomic E-state index is -1.19. The lowest BCUT2D eigenvalue weighted by atomic mass is 10.0. The molecule has 5 amide bonds. The van der Waals surface area contributed by atoms with E-state index >= 15 is 0 Å². The van der Waals surface area contributed by atoms with E-state index in [0.717, 1.165) is 5.56 Å². The summed E-state index contributed by atoms with van der Waals surface area (Å²) in [6.45, 7) is 6.17. The molecule has 4 atom stereocenters. The van der Waals surface area contributed by atoms with Crippen LogP contribution in [0.15, 0.2) is 29.3 Å². The van der Waals surface area contributed by atoms with Crippen LogP contribution in [0.5, 0.6) is 0 Å². The van der Waals surface area contributed by atoms with Crippen molar-refractivity contribution in [2.75, 3.05) is 13.1 Å². The van der Waals surface area contributed by atoms with Crippen molar-refractivity contribution in [2.45, 2.75) is 103 Å². The standard InChI is InChI=1S/C32H53N9O7/c1-19(2)17-24(28(34)45)40-30(47)23(8-6-16-37-32(35)36)39-31(48)25(18-21-11-9-20(3)10-12-21)41-29(46)22(7-4-5-15-33)38-26(42)13-14-27(43)44/h9-12,19,22-25H,4-8,13-18,33H2,1-3H3,(H2,34,45)(H,38,42)(H,39,48)(H,40,47)(H,41,46)(H,43,44)(H4,35,36,37)/t22-,23-,24+,25+/m0/s1. The number of carboxylic acid groups (broad SMARTS) is 1. The Bertz CT molecular complexity index is 1250. The van der Waals surface area contributed by atoms with Gasteiger partial charge < -0.3 is 49.3 Å². The van der Waals surface area contributed by atoms with Gasteiger partial charge in [-0.15, -0.1) is 0 Å². The van der Waals surface area contributed by atoms with Gasteiger partial charge in [0, 0.05) is 19.4 Å². The molecule has 0 aliphatic heterocycles. The van der Waals surface area contributed by atoms with E-state index in [9.17, 15) is 28.8 Å². The molecule has 1 rings (SSSR count). The molecule has 16 heteroatoms. The van der Waals surface area contributed by atoms with Crippen molar-refractivity contribution in [1.82, 2.24) is 21.3 Å². The first-order valence-electron chi connectivity index (χ1n) is 16.1. The number of carboxylic acids is 1. The molecule has 0 spiro atoms. The highest BCUT2D eigenvalue weighted by Gasteiger charge is 2.31. The Hall–Kier alpha value is -4.73. The van der Waals surface area contributed by atoms with Gasteiger partial charge in [-0.25, -0.2) is 0 Å². The molecule has 48 heavy (non-hydrogen) atoms. The number of nitrogens with one attached hydrogen (secondary N) is 4. The minimum absolute atomic E-state index is 0.0363. The van der Waals surface area contributed by atoms with E-state index in [1.54, 1.807) is 12.1 Å². The van der Waals surface area contributed by atoms with Crippen LogP contribution < -0.4 is 44.2 Å². The number of benzene rings is 1. The van der Waals surface area contributed by atoms with Crippen LogP contribution in [0.4, 0.5) is 0 Å². The van der Waals surface area contributed by atoms with Gasteiger partial charge in [0.25, 0.3) is 0 Å². The third-order valence-corrected chi connectivity index (χ3v) is 7.30. The summed E-state index contributed by atoms with van der Waals surface area (Å²) >= 11 is 0. The van der Waals surface area contributed by atoms with Gasteiger partial charge in [-0.2, -0.15) is 0 Å². The van der Waals surface area contributed by atoms with Crippen molar-refractivity contribution in [3.8, 4) is 0 Å². The van der Waals surface area contributed by atoms with E-state index in [4.69, 9.17) is 28.0 Å². The molecule has 13 N–H and O–H groups in total. The molecule has 0 radical (unpaired) electrons. The number of hydrogen-bond acceptors (Lipinski definition) is 8. The quantitative estimate of drug-likeness (QED) is 0.0389. The van der Waals surface area contributed by atoms with Crippen LogP contribution >= 0.6 is 0 Å². The Labute approximate surface area is 281 Å². The van der Waals surface area contributed by atoms with E-state index in [1.165, 1.54) is 0 Å².